The van der Waals surface area contributed by atoms with Gasteiger partial charge in [-0.1, -0.05) is 74.0 Å². The summed E-state index contributed by atoms with van der Waals surface area (Å²) in [7, 11) is 0. The van der Waals surface area contributed by atoms with Gasteiger partial charge < -0.3 is 15.0 Å². The topological polar surface area (TPSA) is 58.6 Å². The summed E-state index contributed by atoms with van der Waals surface area (Å²) in [5.41, 5.74) is 1.76. The fourth-order valence-corrected chi connectivity index (χ4v) is 6.93. The van der Waals surface area contributed by atoms with Crippen LogP contribution in [-0.4, -0.2) is 48.6 Å². The average molecular weight is 635 g/mol. The maximum Gasteiger partial charge on any atom is 0.416 e. The van der Waals surface area contributed by atoms with Crippen LogP contribution in [-0.2, 0) is 21.1 Å². The number of ether oxygens (including phenoxy) is 1. The first-order valence-electron chi connectivity index (χ1n) is 16.7. The molecule has 3 aromatic rings. The van der Waals surface area contributed by atoms with E-state index in [9.17, 15) is 22.8 Å². The molecule has 2 aliphatic rings. The van der Waals surface area contributed by atoms with Crippen molar-refractivity contribution in [3.63, 3.8) is 0 Å². The summed E-state index contributed by atoms with van der Waals surface area (Å²) >= 11 is 0. The Morgan fingerprint density at radius 1 is 0.826 bits per heavy atom. The van der Waals surface area contributed by atoms with Crippen molar-refractivity contribution in [1.29, 1.82) is 0 Å². The highest BCUT2D eigenvalue weighted by atomic mass is 19.4. The Kier molecular flexibility index (Phi) is 11.2. The molecule has 1 heterocycles. The van der Waals surface area contributed by atoms with Crippen molar-refractivity contribution in [3.8, 4) is 11.1 Å². The number of hydrogen-bond acceptors (Lipinski definition) is 4. The van der Waals surface area contributed by atoms with E-state index in [2.05, 4.69) is 29.3 Å². The summed E-state index contributed by atoms with van der Waals surface area (Å²) in [6.45, 7) is 4.81. The third-order valence-corrected chi connectivity index (χ3v) is 9.68. The van der Waals surface area contributed by atoms with Crippen LogP contribution in [0.25, 0.3) is 11.1 Å². The average Bonchev–Trinajstić information content (AvgIpc) is 3.06. The van der Waals surface area contributed by atoms with E-state index in [1.54, 1.807) is 24.3 Å². The maximum atomic E-state index is 13.3. The second-order valence-corrected chi connectivity index (χ2v) is 13.2. The molecule has 0 spiro atoms. The molecule has 1 saturated carbocycles. The predicted octanol–water partition coefficient (Wildman–Crippen LogP) is 8.57. The Morgan fingerprint density at radius 3 is 2.15 bits per heavy atom. The SMILES string of the molecule is CC(CCCN1CCC(NC(=O)c2ccccc2-c2ccc(C(F)(F)F)cc2)CC1)(CC(=O)OC1CCCCC1)c1ccccc1. The molecule has 5 nitrogen and oxygen atoms in total. The minimum absolute atomic E-state index is 0.0218. The number of rotatable bonds is 11. The minimum Gasteiger partial charge on any atom is -0.462 e. The number of likely N-dealkylation sites (tertiary alicyclic amines) is 1. The van der Waals surface area contributed by atoms with E-state index in [1.807, 2.05) is 18.2 Å². The Balaban J connectivity index is 1.12. The van der Waals surface area contributed by atoms with Crippen molar-refractivity contribution in [2.75, 3.05) is 19.6 Å². The molecule has 3 aromatic carbocycles. The van der Waals surface area contributed by atoms with Crippen LogP contribution in [0, 0.1) is 0 Å². The van der Waals surface area contributed by atoms with Gasteiger partial charge in [-0.05, 0) is 92.8 Å². The maximum absolute atomic E-state index is 13.3. The molecule has 2 fully saturated rings. The molecule has 0 radical (unpaired) electrons. The highest BCUT2D eigenvalue weighted by molar-refractivity contribution is 6.01. The van der Waals surface area contributed by atoms with Crippen LogP contribution in [0.15, 0.2) is 78.9 Å². The van der Waals surface area contributed by atoms with Crippen LogP contribution in [0.1, 0.15) is 92.6 Å². The lowest BCUT2D eigenvalue weighted by molar-refractivity contribution is -0.152. The van der Waals surface area contributed by atoms with E-state index in [1.165, 1.54) is 18.6 Å². The Hall–Kier alpha value is -3.65. The Labute approximate surface area is 270 Å². The number of nitrogens with zero attached hydrogens (tertiary/aromatic N) is 1. The molecule has 1 atom stereocenters. The van der Waals surface area contributed by atoms with Crippen LogP contribution in [0.4, 0.5) is 13.2 Å². The fourth-order valence-electron chi connectivity index (χ4n) is 6.93. The third-order valence-electron chi connectivity index (χ3n) is 9.68. The number of piperidine rings is 1. The Bertz CT molecular complexity index is 1430. The zero-order valence-electron chi connectivity index (χ0n) is 26.7. The molecule has 1 N–H and O–H groups in total. The first-order chi connectivity index (χ1) is 22.1. The van der Waals surface area contributed by atoms with E-state index in [0.29, 0.717) is 23.1 Å². The lowest BCUT2D eigenvalue weighted by atomic mass is 9.75. The first kappa shape index (κ1) is 33.7. The van der Waals surface area contributed by atoms with Crippen LogP contribution >= 0.6 is 0 Å². The van der Waals surface area contributed by atoms with Gasteiger partial charge in [0.1, 0.15) is 6.10 Å². The first-order valence-corrected chi connectivity index (χ1v) is 16.7. The van der Waals surface area contributed by atoms with E-state index in [0.717, 1.165) is 88.7 Å². The number of alkyl halides is 3. The molecule has 246 valence electrons. The van der Waals surface area contributed by atoms with Gasteiger partial charge in [-0.15, -0.1) is 0 Å². The number of hydrogen-bond donors (Lipinski definition) is 1. The van der Waals surface area contributed by atoms with Gasteiger partial charge >= 0.3 is 12.1 Å². The number of carbonyl (C=O) groups is 2. The lowest BCUT2D eigenvalue weighted by Crippen LogP contribution is -2.45. The number of carbonyl (C=O) groups excluding carboxylic acids is 2. The summed E-state index contributed by atoms with van der Waals surface area (Å²) in [4.78, 5) is 28.8. The molecule has 1 aliphatic carbocycles. The van der Waals surface area contributed by atoms with E-state index in [-0.39, 0.29) is 29.4 Å². The number of esters is 1. The smallest absolute Gasteiger partial charge is 0.416 e. The standard InChI is InChI=1S/C38H45F3N2O3/c1-37(29-11-4-2-5-12-29,27-35(44)46-32-13-6-3-7-14-32)23-10-24-43-25-21-31(22-26-43)42-36(45)34-16-9-8-15-33(34)28-17-19-30(20-18-28)38(39,40)41/h2,4-5,8-9,11-12,15-20,31-32H,3,6-7,10,13-14,21-27H2,1H3,(H,42,45). The molecule has 1 unspecified atom stereocenters. The highest BCUT2D eigenvalue weighted by Gasteiger charge is 2.32. The van der Waals surface area contributed by atoms with Crippen LogP contribution in [0.3, 0.4) is 0 Å². The van der Waals surface area contributed by atoms with E-state index < -0.39 is 11.7 Å². The summed E-state index contributed by atoms with van der Waals surface area (Å²) in [5.74, 6) is -0.317. The number of amides is 1. The molecule has 46 heavy (non-hydrogen) atoms. The lowest BCUT2D eigenvalue weighted by Gasteiger charge is -2.34. The quantitative estimate of drug-likeness (QED) is 0.215. The highest BCUT2D eigenvalue weighted by Crippen LogP contribution is 2.35. The molecule has 0 bridgehead atoms. The van der Waals surface area contributed by atoms with Crippen molar-refractivity contribution < 1.29 is 27.5 Å². The van der Waals surface area contributed by atoms with Gasteiger partial charge in [-0.25, -0.2) is 0 Å². The van der Waals surface area contributed by atoms with Crippen molar-refractivity contribution in [2.24, 2.45) is 0 Å². The van der Waals surface area contributed by atoms with Crippen LogP contribution in [0.2, 0.25) is 0 Å². The van der Waals surface area contributed by atoms with Gasteiger partial charge in [0.15, 0.2) is 0 Å². The monoisotopic (exact) mass is 634 g/mol. The zero-order chi connectivity index (χ0) is 32.6. The van der Waals surface area contributed by atoms with Crippen molar-refractivity contribution in [2.45, 2.75) is 94.9 Å². The fraction of sp³-hybridized carbons (Fsp3) is 0.474. The van der Waals surface area contributed by atoms with Gasteiger partial charge in [-0.2, -0.15) is 13.2 Å². The molecular weight excluding hydrogens is 589 g/mol. The summed E-state index contributed by atoms with van der Waals surface area (Å²) in [6, 6.07) is 22.2. The summed E-state index contributed by atoms with van der Waals surface area (Å²) < 4.78 is 45.0. The summed E-state index contributed by atoms with van der Waals surface area (Å²) in [5, 5.41) is 3.16. The molecule has 1 saturated heterocycles. The predicted molar refractivity (Wildman–Crippen MR) is 174 cm³/mol. The molecule has 0 aromatic heterocycles. The third kappa shape index (κ3) is 8.99. The van der Waals surface area contributed by atoms with Crippen molar-refractivity contribution in [1.82, 2.24) is 10.2 Å². The molecule has 5 rings (SSSR count). The number of benzene rings is 3. The largest absolute Gasteiger partial charge is 0.462 e. The number of halogens is 3. The van der Waals surface area contributed by atoms with Crippen molar-refractivity contribution >= 4 is 11.9 Å². The number of nitrogens with one attached hydrogen (secondary N) is 1. The Morgan fingerprint density at radius 2 is 1.48 bits per heavy atom. The second-order valence-electron chi connectivity index (χ2n) is 13.2. The molecular formula is C38H45F3N2O3. The van der Waals surface area contributed by atoms with Gasteiger partial charge in [-0.3, -0.25) is 9.59 Å². The zero-order valence-corrected chi connectivity index (χ0v) is 26.7. The molecule has 1 aliphatic heterocycles. The van der Waals surface area contributed by atoms with Crippen LogP contribution < -0.4 is 5.32 Å². The van der Waals surface area contributed by atoms with E-state index in [4.69, 9.17) is 4.74 Å². The second kappa shape index (κ2) is 15.3. The van der Waals surface area contributed by atoms with Gasteiger partial charge in [0.25, 0.3) is 5.91 Å². The summed E-state index contributed by atoms with van der Waals surface area (Å²) in [6.07, 6.45) is 4.88. The van der Waals surface area contributed by atoms with Crippen LogP contribution in [0.5, 0.6) is 0 Å². The van der Waals surface area contributed by atoms with Crippen molar-refractivity contribution in [3.05, 3.63) is 95.6 Å². The molecule has 1 amide bonds. The molecule has 8 heteroatoms. The normalized spacial score (nSPS) is 18.1. The van der Waals surface area contributed by atoms with Gasteiger partial charge in [0.05, 0.1) is 12.0 Å². The van der Waals surface area contributed by atoms with Gasteiger partial charge in [0, 0.05) is 30.1 Å². The minimum atomic E-state index is -4.41. The van der Waals surface area contributed by atoms with Gasteiger partial charge in [0.2, 0.25) is 0 Å². The van der Waals surface area contributed by atoms with E-state index >= 15 is 0 Å².